The molecule has 2 aromatic rings. The standard InChI is InChI=1S/C18H22N4O/c23-17(16-11-18(16)4-5-18)22(13-15-3-1-6-19-12-15)9-2-8-21-10-7-20-14-21/h1,3,6-7,10,12,14,16H,2,4-5,8-9,11,13H2. The van der Waals surface area contributed by atoms with Crippen molar-refractivity contribution in [1.29, 1.82) is 0 Å². The molecule has 0 saturated heterocycles. The largest absolute Gasteiger partial charge is 0.338 e. The number of amides is 1. The number of hydrogen-bond acceptors (Lipinski definition) is 3. The van der Waals surface area contributed by atoms with Crippen LogP contribution in [0.25, 0.3) is 0 Å². The smallest absolute Gasteiger partial charge is 0.226 e. The third-order valence-corrected chi connectivity index (χ3v) is 5.19. The van der Waals surface area contributed by atoms with Crippen molar-refractivity contribution in [3.63, 3.8) is 0 Å². The average Bonchev–Trinajstić information content (AvgIpc) is 3.45. The van der Waals surface area contributed by atoms with Crippen LogP contribution in [0.1, 0.15) is 31.2 Å². The van der Waals surface area contributed by atoms with Gasteiger partial charge < -0.3 is 9.47 Å². The van der Waals surface area contributed by atoms with E-state index in [2.05, 4.69) is 14.5 Å². The van der Waals surface area contributed by atoms with Gasteiger partial charge in [0.1, 0.15) is 0 Å². The summed E-state index contributed by atoms with van der Waals surface area (Å²) in [6, 6.07) is 3.98. The average molecular weight is 310 g/mol. The van der Waals surface area contributed by atoms with Gasteiger partial charge in [0.15, 0.2) is 0 Å². The first-order valence-corrected chi connectivity index (χ1v) is 8.40. The first-order valence-electron chi connectivity index (χ1n) is 8.40. The van der Waals surface area contributed by atoms with E-state index in [0.717, 1.165) is 31.5 Å². The SMILES string of the molecule is O=C(C1CC12CC2)N(CCCn1ccnc1)Cc1cccnc1. The third-order valence-electron chi connectivity index (χ3n) is 5.19. The highest BCUT2D eigenvalue weighted by atomic mass is 16.2. The van der Waals surface area contributed by atoms with Crippen molar-refractivity contribution >= 4 is 5.91 Å². The van der Waals surface area contributed by atoms with Crippen LogP contribution in [0.5, 0.6) is 0 Å². The summed E-state index contributed by atoms with van der Waals surface area (Å²) in [7, 11) is 0. The van der Waals surface area contributed by atoms with E-state index in [1.54, 1.807) is 12.4 Å². The van der Waals surface area contributed by atoms with Crippen LogP contribution >= 0.6 is 0 Å². The van der Waals surface area contributed by atoms with Crippen molar-refractivity contribution < 1.29 is 4.79 Å². The van der Waals surface area contributed by atoms with Crippen molar-refractivity contribution in [2.45, 2.75) is 38.8 Å². The molecule has 0 radical (unpaired) electrons. The van der Waals surface area contributed by atoms with Gasteiger partial charge in [-0.1, -0.05) is 6.07 Å². The van der Waals surface area contributed by atoms with Gasteiger partial charge in [-0.15, -0.1) is 0 Å². The molecule has 23 heavy (non-hydrogen) atoms. The summed E-state index contributed by atoms with van der Waals surface area (Å²) >= 11 is 0. The molecule has 120 valence electrons. The van der Waals surface area contributed by atoms with Gasteiger partial charge in [0.2, 0.25) is 5.91 Å². The first-order chi connectivity index (χ1) is 11.3. The van der Waals surface area contributed by atoms with Crippen molar-refractivity contribution in [3.05, 3.63) is 48.8 Å². The fourth-order valence-electron chi connectivity index (χ4n) is 3.47. The maximum Gasteiger partial charge on any atom is 0.226 e. The Kier molecular flexibility index (Phi) is 3.63. The topological polar surface area (TPSA) is 51.0 Å². The van der Waals surface area contributed by atoms with Gasteiger partial charge in [0.05, 0.1) is 6.33 Å². The van der Waals surface area contributed by atoms with Gasteiger partial charge in [-0.25, -0.2) is 4.98 Å². The number of imidazole rings is 1. The third kappa shape index (κ3) is 3.14. The molecule has 2 heterocycles. The number of aryl methyl sites for hydroxylation is 1. The second-order valence-corrected chi connectivity index (χ2v) is 6.89. The van der Waals surface area contributed by atoms with Gasteiger partial charge in [-0.2, -0.15) is 0 Å². The molecule has 0 aromatic carbocycles. The van der Waals surface area contributed by atoms with E-state index in [-0.39, 0.29) is 5.92 Å². The molecule has 5 heteroatoms. The van der Waals surface area contributed by atoms with Crippen LogP contribution < -0.4 is 0 Å². The van der Waals surface area contributed by atoms with Crippen LogP contribution in [0, 0.1) is 11.3 Å². The van der Waals surface area contributed by atoms with E-state index in [9.17, 15) is 4.79 Å². The highest BCUT2D eigenvalue weighted by Gasteiger charge is 2.66. The normalized spacial score (nSPS) is 20.4. The Bertz CT molecular complexity index is 664. The van der Waals surface area contributed by atoms with Crippen LogP contribution in [0.3, 0.4) is 0 Å². The lowest BCUT2D eigenvalue weighted by Gasteiger charge is -2.23. The number of carbonyl (C=O) groups is 1. The number of aromatic nitrogens is 3. The monoisotopic (exact) mass is 310 g/mol. The Morgan fingerprint density at radius 3 is 2.91 bits per heavy atom. The maximum atomic E-state index is 12.8. The molecule has 1 amide bonds. The Morgan fingerprint density at radius 2 is 2.26 bits per heavy atom. The molecule has 2 aliphatic rings. The predicted octanol–water partition coefficient (Wildman–Crippen LogP) is 2.50. The lowest BCUT2D eigenvalue weighted by atomic mass is 10.2. The molecule has 4 rings (SSSR count). The van der Waals surface area contributed by atoms with Crippen LogP contribution in [-0.4, -0.2) is 31.9 Å². The summed E-state index contributed by atoms with van der Waals surface area (Å²) in [6.45, 7) is 2.36. The number of rotatable bonds is 7. The molecular weight excluding hydrogens is 288 g/mol. The van der Waals surface area contributed by atoms with Crippen LogP contribution in [-0.2, 0) is 17.9 Å². The van der Waals surface area contributed by atoms with Crippen molar-refractivity contribution in [2.24, 2.45) is 11.3 Å². The number of nitrogens with zero attached hydrogens (tertiary/aromatic N) is 4. The second-order valence-electron chi connectivity index (χ2n) is 6.89. The summed E-state index contributed by atoms with van der Waals surface area (Å²) in [4.78, 5) is 23.1. The van der Waals surface area contributed by atoms with E-state index in [0.29, 0.717) is 17.9 Å². The summed E-state index contributed by atoms with van der Waals surface area (Å²) < 4.78 is 2.06. The van der Waals surface area contributed by atoms with E-state index in [1.807, 2.05) is 35.8 Å². The zero-order chi connectivity index (χ0) is 15.7. The molecule has 5 nitrogen and oxygen atoms in total. The van der Waals surface area contributed by atoms with E-state index in [4.69, 9.17) is 0 Å². The minimum absolute atomic E-state index is 0.285. The molecule has 0 N–H and O–H groups in total. The van der Waals surface area contributed by atoms with Crippen molar-refractivity contribution in [1.82, 2.24) is 19.4 Å². The van der Waals surface area contributed by atoms with Gasteiger partial charge >= 0.3 is 0 Å². The highest BCUT2D eigenvalue weighted by molar-refractivity contribution is 5.83. The van der Waals surface area contributed by atoms with Crippen molar-refractivity contribution in [3.8, 4) is 0 Å². The quantitative estimate of drug-likeness (QED) is 0.789. The molecule has 0 bridgehead atoms. The Morgan fingerprint density at radius 1 is 1.35 bits per heavy atom. The minimum atomic E-state index is 0.285. The Hall–Kier alpha value is -2.17. The van der Waals surface area contributed by atoms with Crippen LogP contribution in [0.15, 0.2) is 43.2 Å². The van der Waals surface area contributed by atoms with E-state index in [1.165, 1.54) is 12.8 Å². The molecule has 2 aliphatic carbocycles. The van der Waals surface area contributed by atoms with Crippen LogP contribution in [0.2, 0.25) is 0 Å². The molecule has 1 atom stereocenters. The van der Waals surface area contributed by atoms with Gasteiger partial charge in [-0.3, -0.25) is 9.78 Å². The fraction of sp³-hybridized carbons (Fsp3) is 0.500. The molecule has 2 fully saturated rings. The Labute approximate surface area is 136 Å². The van der Waals surface area contributed by atoms with Crippen molar-refractivity contribution in [2.75, 3.05) is 6.54 Å². The lowest BCUT2D eigenvalue weighted by Crippen LogP contribution is -2.33. The number of hydrogen-bond donors (Lipinski definition) is 0. The Balaban J connectivity index is 1.39. The molecule has 1 spiro atoms. The molecule has 2 saturated carbocycles. The zero-order valence-electron chi connectivity index (χ0n) is 13.3. The van der Waals surface area contributed by atoms with Gasteiger partial charge in [-0.05, 0) is 42.7 Å². The summed E-state index contributed by atoms with van der Waals surface area (Å²) in [5, 5.41) is 0. The highest BCUT2D eigenvalue weighted by Crippen LogP contribution is 2.71. The summed E-state index contributed by atoms with van der Waals surface area (Å²) in [6.07, 6.45) is 13.8. The summed E-state index contributed by atoms with van der Waals surface area (Å²) in [5.74, 6) is 0.629. The zero-order valence-corrected chi connectivity index (χ0v) is 13.3. The second kappa shape index (κ2) is 5.80. The lowest BCUT2D eigenvalue weighted by molar-refractivity contribution is -0.133. The first kappa shape index (κ1) is 14.4. The predicted molar refractivity (Wildman–Crippen MR) is 86.3 cm³/mol. The molecule has 0 aliphatic heterocycles. The molecular formula is C18H22N4O. The molecule has 2 aromatic heterocycles. The molecule has 1 unspecified atom stereocenters. The van der Waals surface area contributed by atoms with Gasteiger partial charge in [0.25, 0.3) is 0 Å². The number of carbonyl (C=O) groups excluding carboxylic acids is 1. The summed E-state index contributed by atoms with van der Waals surface area (Å²) in [5.41, 5.74) is 1.52. The van der Waals surface area contributed by atoms with E-state index < -0.39 is 0 Å². The van der Waals surface area contributed by atoms with Gasteiger partial charge in [0, 0.05) is 50.3 Å². The fourth-order valence-corrected chi connectivity index (χ4v) is 3.47. The van der Waals surface area contributed by atoms with E-state index >= 15 is 0 Å². The maximum absolute atomic E-state index is 12.8. The van der Waals surface area contributed by atoms with Crippen LogP contribution in [0.4, 0.5) is 0 Å². The minimum Gasteiger partial charge on any atom is -0.338 e. The number of pyridine rings is 1.